The molecule has 2 rings (SSSR count). The lowest BCUT2D eigenvalue weighted by Crippen LogP contribution is -2.23. The highest BCUT2D eigenvalue weighted by molar-refractivity contribution is 5.79. The van der Waals surface area contributed by atoms with Crippen molar-refractivity contribution in [2.45, 2.75) is 25.8 Å². The Morgan fingerprint density at radius 3 is 2.79 bits per heavy atom. The van der Waals surface area contributed by atoms with Gasteiger partial charge in [-0.3, -0.25) is 0 Å². The van der Waals surface area contributed by atoms with Gasteiger partial charge in [-0.15, -0.1) is 0 Å². The van der Waals surface area contributed by atoms with Gasteiger partial charge in [0, 0.05) is 5.56 Å². The summed E-state index contributed by atoms with van der Waals surface area (Å²) in [7, 11) is 1.61. The molecule has 0 spiro atoms. The number of urea groups is 1. The second kappa shape index (κ2) is 5.19. The fraction of sp³-hybridized carbons (Fsp3) is 0.429. The highest BCUT2D eigenvalue weighted by Gasteiger charge is 2.31. The van der Waals surface area contributed by atoms with Crippen LogP contribution in [0.15, 0.2) is 18.2 Å². The van der Waals surface area contributed by atoms with Crippen molar-refractivity contribution < 1.29 is 9.53 Å². The van der Waals surface area contributed by atoms with Gasteiger partial charge in [0.15, 0.2) is 6.19 Å². The van der Waals surface area contributed by atoms with E-state index in [0.717, 1.165) is 16.2 Å². The van der Waals surface area contributed by atoms with Gasteiger partial charge in [-0.1, -0.05) is 26.0 Å². The third kappa shape index (κ3) is 2.48. The number of nitrogens with one attached hydrogen (secondary N) is 1. The van der Waals surface area contributed by atoms with Crippen LogP contribution in [0, 0.1) is 11.5 Å². The Morgan fingerprint density at radius 2 is 2.26 bits per heavy atom. The van der Waals surface area contributed by atoms with Crippen molar-refractivity contribution in [1.29, 1.82) is 5.26 Å². The number of methoxy groups -OCH3 is 1. The molecular formula is C14H17N3O2. The molecule has 0 saturated carbocycles. The van der Waals surface area contributed by atoms with Crippen molar-refractivity contribution in [2.75, 3.05) is 13.7 Å². The second-order valence-electron chi connectivity index (χ2n) is 4.87. The molecule has 1 aliphatic rings. The van der Waals surface area contributed by atoms with E-state index in [1.165, 1.54) is 5.56 Å². The standard InChI is InChI=1S/C14H17N3O2/c1-9(2)10-4-5-11(13(6-10)19-3)12-7-17(8-15)14(18)16-12/h4-6,9,12H,7H2,1-3H3,(H,16,18). The van der Waals surface area contributed by atoms with Gasteiger partial charge >= 0.3 is 6.03 Å². The minimum atomic E-state index is -0.359. The smallest absolute Gasteiger partial charge is 0.331 e. The minimum Gasteiger partial charge on any atom is -0.496 e. The summed E-state index contributed by atoms with van der Waals surface area (Å²) in [6, 6.07) is 5.41. The first kappa shape index (κ1) is 13.2. The number of rotatable bonds is 3. The van der Waals surface area contributed by atoms with Crippen LogP contribution in [-0.2, 0) is 0 Å². The van der Waals surface area contributed by atoms with Crippen LogP contribution >= 0.6 is 0 Å². The lowest BCUT2D eigenvalue weighted by Gasteiger charge is -2.16. The first-order chi connectivity index (χ1) is 9.06. The molecule has 1 saturated heterocycles. The Bertz CT molecular complexity index is 534. The molecule has 1 N–H and O–H groups in total. The predicted octanol–water partition coefficient (Wildman–Crippen LogP) is 2.37. The van der Waals surface area contributed by atoms with Crippen molar-refractivity contribution in [3.8, 4) is 11.9 Å². The van der Waals surface area contributed by atoms with Crippen LogP contribution in [0.25, 0.3) is 0 Å². The highest BCUT2D eigenvalue weighted by Crippen LogP contribution is 2.31. The lowest BCUT2D eigenvalue weighted by atomic mass is 9.98. The molecule has 1 heterocycles. The summed E-state index contributed by atoms with van der Waals surface area (Å²) in [5, 5.41) is 11.6. The predicted molar refractivity (Wildman–Crippen MR) is 70.7 cm³/mol. The zero-order chi connectivity index (χ0) is 14.0. The van der Waals surface area contributed by atoms with E-state index in [4.69, 9.17) is 10.00 Å². The van der Waals surface area contributed by atoms with E-state index in [-0.39, 0.29) is 12.1 Å². The largest absolute Gasteiger partial charge is 0.496 e. The van der Waals surface area contributed by atoms with Gasteiger partial charge in [0.2, 0.25) is 0 Å². The molecular weight excluding hydrogens is 242 g/mol. The van der Waals surface area contributed by atoms with Crippen LogP contribution in [0.4, 0.5) is 4.79 Å². The van der Waals surface area contributed by atoms with Crippen LogP contribution in [0.3, 0.4) is 0 Å². The average Bonchev–Trinajstić information content (AvgIpc) is 2.78. The quantitative estimate of drug-likeness (QED) is 0.847. The number of amides is 2. The fourth-order valence-electron chi connectivity index (χ4n) is 2.18. The molecule has 0 bridgehead atoms. The number of nitrogens with zero attached hydrogens (tertiary/aromatic N) is 2. The number of ether oxygens (including phenoxy) is 1. The summed E-state index contributed by atoms with van der Waals surface area (Å²) in [5.74, 6) is 1.16. The molecule has 0 radical (unpaired) electrons. The zero-order valence-corrected chi connectivity index (χ0v) is 11.3. The van der Waals surface area contributed by atoms with Gasteiger partial charge in [0.25, 0.3) is 0 Å². The van der Waals surface area contributed by atoms with Gasteiger partial charge in [0.1, 0.15) is 5.75 Å². The molecule has 2 amide bonds. The van der Waals surface area contributed by atoms with Crippen LogP contribution in [0.5, 0.6) is 5.75 Å². The highest BCUT2D eigenvalue weighted by atomic mass is 16.5. The van der Waals surface area contributed by atoms with E-state index in [2.05, 4.69) is 19.2 Å². The molecule has 100 valence electrons. The second-order valence-corrected chi connectivity index (χ2v) is 4.87. The first-order valence-electron chi connectivity index (χ1n) is 6.22. The SMILES string of the molecule is COc1cc(C(C)C)ccc1C1CN(C#N)C(=O)N1. The topological polar surface area (TPSA) is 65.4 Å². The van der Waals surface area contributed by atoms with Gasteiger partial charge in [-0.25, -0.2) is 9.69 Å². The minimum absolute atomic E-state index is 0.205. The van der Waals surface area contributed by atoms with Crippen molar-refractivity contribution in [3.63, 3.8) is 0 Å². The number of hydrogen-bond acceptors (Lipinski definition) is 3. The normalized spacial score (nSPS) is 18.4. The van der Waals surface area contributed by atoms with E-state index in [1.54, 1.807) is 7.11 Å². The van der Waals surface area contributed by atoms with E-state index >= 15 is 0 Å². The zero-order valence-electron chi connectivity index (χ0n) is 11.3. The van der Waals surface area contributed by atoms with Gasteiger partial charge in [-0.05, 0) is 17.5 Å². The van der Waals surface area contributed by atoms with Crippen LogP contribution in [0.1, 0.15) is 36.9 Å². The molecule has 1 atom stereocenters. The van der Waals surface area contributed by atoms with Crippen molar-refractivity contribution in [3.05, 3.63) is 29.3 Å². The molecule has 1 aliphatic heterocycles. The number of carbonyl (C=O) groups is 1. The molecule has 5 heteroatoms. The maximum Gasteiger partial charge on any atom is 0.331 e. The number of nitriles is 1. The number of hydrogen-bond donors (Lipinski definition) is 1. The summed E-state index contributed by atoms with van der Waals surface area (Å²) in [6.45, 7) is 4.57. The third-order valence-electron chi connectivity index (χ3n) is 3.33. The molecule has 1 aromatic rings. The van der Waals surface area contributed by atoms with Crippen molar-refractivity contribution >= 4 is 6.03 Å². The molecule has 5 nitrogen and oxygen atoms in total. The Balaban J connectivity index is 2.31. The van der Waals surface area contributed by atoms with E-state index in [9.17, 15) is 4.79 Å². The lowest BCUT2D eigenvalue weighted by molar-refractivity contribution is 0.232. The Hall–Kier alpha value is -2.22. The summed E-state index contributed by atoms with van der Waals surface area (Å²) in [6.07, 6.45) is 1.86. The monoisotopic (exact) mass is 259 g/mol. The maximum atomic E-state index is 11.5. The third-order valence-corrected chi connectivity index (χ3v) is 3.33. The van der Waals surface area contributed by atoms with E-state index < -0.39 is 0 Å². The Labute approximate surface area is 112 Å². The number of carbonyl (C=O) groups excluding carboxylic acids is 1. The molecule has 19 heavy (non-hydrogen) atoms. The van der Waals surface area contributed by atoms with Crippen LogP contribution < -0.4 is 10.1 Å². The van der Waals surface area contributed by atoms with Gasteiger partial charge in [0.05, 0.1) is 19.7 Å². The molecule has 1 fully saturated rings. The molecule has 0 aliphatic carbocycles. The van der Waals surface area contributed by atoms with Crippen molar-refractivity contribution in [1.82, 2.24) is 10.2 Å². The van der Waals surface area contributed by atoms with Gasteiger partial charge < -0.3 is 10.1 Å². The number of benzene rings is 1. The maximum absolute atomic E-state index is 11.5. The summed E-state index contributed by atoms with van der Waals surface area (Å²) < 4.78 is 5.40. The summed E-state index contributed by atoms with van der Waals surface area (Å²) in [5.41, 5.74) is 2.08. The molecule has 1 aromatic carbocycles. The Morgan fingerprint density at radius 1 is 1.53 bits per heavy atom. The van der Waals surface area contributed by atoms with Gasteiger partial charge in [-0.2, -0.15) is 5.26 Å². The fourth-order valence-corrected chi connectivity index (χ4v) is 2.18. The first-order valence-corrected chi connectivity index (χ1v) is 6.22. The summed E-state index contributed by atoms with van der Waals surface area (Å²) in [4.78, 5) is 12.6. The van der Waals surface area contributed by atoms with E-state index in [0.29, 0.717) is 12.5 Å². The van der Waals surface area contributed by atoms with Crippen molar-refractivity contribution in [2.24, 2.45) is 0 Å². The molecule has 1 unspecified atom stereocenters. The average molecular weight is 259 g/mol. The van der Waals surface area contributed by atoms with E-state index in [1.807, 2.05) is 24.4 Å². The summed E-state index contributed by atoms with van der Waals surface area (Å²) >= 11 is 0. The van der Waals surface area contributed by atoms with Crippen LogP contribution in [0.2, 0.25) is 0 Å². The Kier molecular flexibility index (Phi) is 3.61. The van der Waals surface area contributed by atoms with Crippen LogP contribution in [-0.4, -0.2) is 24.6 Å². The molecule has 0 aromatic heterocycles.